The van der Waals surface area contributed by atoms with Crippen molar-refractivity contribution in [3.05, 3.63) is 94.8 Å². The van der Waals surface area contributed by atoms with E-state index in [9.17, 15) is 26.8 Å². The van der Waals surface area contributed by atoms with Gasteiger partial charge in [0.2, 0.25) is 21.2 Å². The molecule has 0 spiro atoms. The van der Waals surface area contributed by atoms with Gasteiger partial charge in [-0.05, 0) is 54.6 Å². The molecule has 0 radical (unpaired) electrons. The molecular weight excluding hydrogens is 466 g/mol. The molecule has 0 aliphatic carbocycles. The Morgan fingerprint density at radius 2 is 1.68 bits per heavy atom. The van der Waals surface area contributed by atoms with E-state index in [0.717, 1.165) is 42.6 Å². The van der Waals surface area contributed by atoms with Gasteiger partial charge in [-0.2, -0.15) is 0 Å². The average Bonchev–Trinajstić information content (AvgIpc) is 2.81. The summed E-state index contributed by atoms with van der Waals surface area (Å²) < 4.78 is 60.0. The van der Waals surface area contributed by atoms with E-state index in [1.807, 2.05) is 0 Å². The summed E-state index contributed by atoms with van der Waals surface area (Å²) in [5.41, 5.74) is -0.370. The van der Waals surface area contributed by atoms with Crippen molar-refractivity contribution in [2.75, 3.05) is 12.4 Å². The van der Waals surface area contributed by atoms with Crippen molar-refractivity contribution >= 4 is 32.3 Å². The summed E-state index contributed by atoms with van der Waals surface area (Å²) in [5, 5.41) is 2.45. The predicted octanol–water partition coefficient (Wildman–Crippen LogP) is 3.76. The number of rotatable bonds is 6. The van der Waals surface area contributed by atoms with E-state index in [2.05, 4.69) is 5.32 Å². The Balaban J connectivity index is 1.82. The van der Waals surface area contributed by atoms with Gasteiger partial charge in [0.05, 0.1) is 23.2 Å². The van der Waals surface area contributed by atoms with Crippen LogP contribution in [-0.4, -0.2) is 26.0 Å². The van der Waals surface area contributed by atoms with Crippen LogP contribution in [0.25, 0.3) is 10.9 Å². The minimum atomic E-state index is -4.39. The Kier molecular flexibility index (Phi) is 6.16. The molecule has 4 rings (SSSR count). The summed E-state index contributed by atoms with van der Waals surface area (Å²) in [5.74, 6) is -1.51. The quantitative estimate of drug-likeness (QED) is 0.421. The number of carbonyl (C=O) groups excluding carboxylic acids is 1. The lowest BCUT2D eigenvalue weighted by atomic mass is 10.2. The van der Waals surface area contributed by atoms with Crippen LogP contribution in [0.1, 0.15) is 0 Å². The molecule has 3 aromatic carbocycles. The second-order valence-corrected chi connectivity index (χ2v) is 9.24. The highest BCUT2D eigenvalue weighted by molar-refractivity contribution is 7.91. The van der Waals surface area contributed by atoms with Crippen molar-refractivity contribution in [3.63, 3.8) is 0 Å². The zero-order chi connectivity index (χ0) is 24.5. The molecule has 0 unspecified atom stereocenters. The van der Waals surface area contributed by atoms with Gasteiger partial charge in [0.1, 0.15) is 28.8 Å². The normalized spacial score (nSPS) is 11.4. The number of ether oxygens (including phenoxy) is 1. The third-order valence-corrected chi connectivity index (χ3v) is 6.88. The third-order valence-electron chi connectivity index (χ3n) is 5.12. The summed E-state index contributed by atoms with van der Waals surface area (Å²) in [6, 6.07) is 14.0. The second-order valence-electron chi connectivity index (χ2n) is 7.32. The standard InChI is InChI=1S/C24H18F2N2O5S/c1-33-21-5-3-2-4-19(21)27-23(29)14-28-13-22(24(30)18-12-16(26)8-11-20(18)28)34(31,32)17-9-6-15(25)7-10-17/h2-13H,14H2,1H3,(H,27,29). The van der Waals surface area contributed by atoms with Crippen molar-refractivity contribution in [2.24, 2.45) is 0 Å². The van der Waals surface area contributed by atoms with E-state index in [4.69, 9.17) is 4.74 Å². The number of hydrogen-bond acceptors (Lipinski definition) is 5. The first-order valence-corrected chi connectivity index (χ1v) is 11.5. The van der Waals surface area contributed by atoms with Crippen LogP contribution in [0.4, 0.5) is 14.5 Å². The van der Waals surface area contributed by atoms with E-state index >= 15 is 0 Å². The number of pyridine rings is 1. The van der Waals surface area contributed by atoms with Gasteiger partial charge in [-0.1, -0.05) is 12.1 Å². The van der Waals surface area contributed by atoms with Gasteiger partial charge in [-0.3, -0.25) is 9.59 Å². The molecule has 7 nitrogen and oxygen atoms in total. The summed E-state index contributed by atoms with van der Waals surface area (Å²) in [6.45, 7) is -0.383. The van der Waals surface area contributed by atoms with E-state index in [1.54, 1.807) is 24.3 Å². The SMILES string of the molecule is COc1ccccc1NC(=O)Cn1cc(S(=O)(=O)c2ccc(F)cc2)c(=O)c2cc(F)ccc21. The van der Waals surface area contributed by atoms with Crippen LogP contribution in [0.15, 0.2) is 87.5 Å². The summed E-state index contributed by atoms with van der Waals surface area (Å²) >= 11 is 0. The molecule has 10 heteroatoms. The molecular formula is C24H18F2N2O5S. The van der Waals surface area contributed by atoms with Gasteiger partial charge in [-0.15, -0.1) is 0 Å². The Morgan fingerprint density at radius 3 is 2.38 bits per heavy atom. The Morgan fingerprint density at radius 1 is 1.00 bits per heavy atom. The average molecular weight is 484 g/mol. The van der Waals surface area contributed by atoms with Gasteiger partial charge in [0, 0.05) is 11.6 Å². The Bertz CT molecular complexity index is 1570. The number of nitrogens with one attached hydrogen (secondary N) is 1. The maximum atomic E-state index is 13.9. The highest BCUT2D eigenvalue weighted by Crippen LogP contribution is 2.24. The highest BCUT2D eigenvalue weighted by atomic mass is 32.2. The zero-order valence-corrected chi connectivity index (χ0v) is 18.6. The lowest BCUT2D eigenvalue weighted by molar-refractivity contribution is -0.116. The summed E-state index contributed by atoms with van der Waals surface area (Å²) in [6.07, 6.45) is 1.03. The van der Waals surface area contributed by atoms with Crippen LogP contribution in [0, 0.1) is 11.6 Å². The monoisotopic (exact) mass is 484 g/mol. The molecule has 1 N–H and O–H groups in total. The van der Waals surface area contributed by atoms with Crippen LogP contribution < -0.4 is 15.5 Å². The van der Waals surface area contributed by atoms with Crippen molar-refractivity contribution in [1.82, 2.24) is 4.57 Å². The molecule has 0 atom stereocenters. The van der Waals surface area contributed by atoms with E-state index in [1.165, 1.54) is 17.7 Å². The molecule has 1 aromatic heterocycles. The number of nitrogens with zero attached hydrogens (tertiary/aromatic N) is 1. The van der Waals surface area contributed by atoms with E-state index in [0.29, 0.717) is 11.4 Å². The first kappa shape index (κ1) is 23.1. The molecule has 0 fully saturated rings. The van der Waals surface area contributed by atoms with Crippen LogP contribution in [0.3, 0.4) is 0 Å². The Hall–Kier alpha value is -4.05. The number of halogens is 2. The number of carbonyl (C=O) groups is 1. The molecule has 34 heavy (non-hydrogen) atoms. The maximum Gasteiger partial charge on any atom is 0.244 e. The third kappa shape index (κ3) is 4.40. The number of fused-ring (bicyclic) bond motifs is 1. The van der Waals surface area contributed by atoms with Gasteiger partial charge in [-0.25, -0.2) is 17.2 Å². The second kappa shape index (κ2) is 9.06. The number of benzene rings is 3. The Labute approximate surface area is 193 Å². The molecule has 0 bridgehead atoms. The number of anilines is 1. The fourth-order valence-corrected chi connectivity index (χ4v) is 4.87. The summed E-state index contributed by atoms with van der Waals surface area (Å²) in [4.78, 5) is 24.8. The largest absolute Gasteiger partial charge is 0.495 e. The molecule has 1 heterocycles. The fraction of sp³-hybridized carbons (Fsp3) is 0.0833. The molecule has 0 saturated heterocycles. The maximum absolute atomic E-state index is 13.9. The van der Waals surface area contributed by atoms with Gasteiger partial charge in [0.15, 0.2) is 0 Å². The van der Waals surface area contributed by atoms with Crippen molar-refractivity contribution < 1.29 is 26.7 Å². The van der Waals surface area contributed by atoms with Crippen LogP contribution in [0.5, 0.6) is 5.75 Å². The molecule has 0 aliphatic heterocycles. The van der Waals surface area contributed by atoms with Gasteiger partial charge in [0.25, 0.3) is 0 Å². The summed E-state index contributed by atoms with van der Waals surface area (Å²) in [7, 11) is -2.95. The molecule has 0 aliphatic rings. The highest BCUT2D eigenvalue weighted by Gasteiger charge is 2.25. The van der Waals surface area contributed by atoms with E-state index < -0.39 is 37.7 Å². The molecule has 174 valence electrons. The van der Waals surface area contributed by atoms with Crippen molar-refractivity contribution in [3.8, 4) is 5.75 Å². The van der Waals surface area contributed by atoms with Gasteiger partial charge < -0.3 is 14.6 Å². The van der Waals surface area contributed by atoms with Crippen LogP contribution >= 0.6 is 0 Å². The van der Waals surface area contributed by atoms with Crippen LogP contribution in [-0.2, 0) is 21.2 Å². The molecule has 4 aromatic rings. The number of amides is 1. The number of aromatic nitrogens is 1. The number of para-hydroxylation sites is 2. The molecule has 1 amide bonds. The zero-order valence-electron chi connectivity index (χ0n) is 17.8. The minimum absolute atomic E-state index is 0.166. The smallest absolute Gasteiger partial charge is 0.244 e. The van der Waals surface area contributed by atoms with Crippen LogP contribution in [0.2, 0.25) is 0 Å². The first-order valence-electron chi connectivity index (χ1n) is 9.97. The molecule has 0 saturated carbocycles. The van der Waals surface area contributed by atoms with Crippen molar-refractivity contribution in [2.45, 2.75) is 16.3 Å². The lowest BCUT2D eigenvalue weighted by Crippen LogP contribution is -2.24. The number of hydrogen-bond donors (Lipinski definition) is 1. The number of sulfone groups is 1. The minimum Gasteiger partial charge on any atom is -0.495 e. The van der Waals surface area contributed by atoms with E-state index in [-0.39, 0.29) is 22.3 Å². The number of methoxy groups -OCH3 is 1. The van der Waals surface area contributed by atoms with Crippen molar-refractivity contribution in [1.29, 1.82) is 0 Å². The lowest BCUT2D eigenvalue weighted by Gasteiger charge is -2.15. The predicted molar refractivity (Wildman–Crippen MR) is 122 cm³/mol. The van der Waals surface area contributed by atoms with Gasteiger partial charge >= 0.3 is 0 Å². The fourth-order valence-electron chi connectivity index (χ4n) is 3.50. The topological polar surface area (TPSA) is 94.5 Å². The first-order chi connectivity index (χ1) is 16.2.